The number of halogens is 2. The van der Waals surface area contributed by atoms with Crippen molar-refractivity contribution in [2.24, 2.45) is 5.92 Å². The number of aromatic nitrogens is 2. The van der Waals surface area contributed by atoms with Crippen LogP contribution in [-0.4, -0.2) is 28.8 Å². The van der Waals surface area contributed by atoms with Crippen LogP contribution < -0.4 is 5.32 Å². The van der Waals surface area contributed by atoms with Crippen molar-refractivity contribution in [3.63, 3.8) is 0 Å². The van der Waals surface area contributed by atoms with E-state index in [0.29, 0.717) is 21.8 Å². The zero-order chi connectivity index (χ0) is 16.2. The summed E-state index contributed by atoms with van der Waals surface area (Å²) in [6, 6.07) is 3.11. The Morgan fingerprint density at radius 2 is 2.22 bits per heavy atom. The van der Waals surface area contributed by atoms with Gasteiger partial charge in [0, 0.05) is 48.1 Å². The summed E-state index contributed by atoms with van der Waals surface area (Å²) >= 11 is 6.16. The highest BCUT2D eigenvalue weighted by molar-refractivity contribution is 6.33. The number of Topliss-reactive ketones (excluding diaryl/α,β-unsaturated/α-hetero) is 1. The Kier molecular flexibility index (Phi) is 4.98. The number of hydrogen-bond acceptors (Lipinski definition) is 4. The van der Waals surface area contributed by atoms with Gasteiger partial charge in [0.05, 0.1) is 11.2 Å². The van der Waals surface area contributed by atoms with Gasteiger partial charge in [-0.25, -0.2) is 4.39 Å². The second kappa shape index (κ2) is 7.15. The molecule has 0 saturated carbocycles. The molecule has 0 radical (unpaired) electrons. The van der Waals surface area contributed by atoms with Crippen LogP contribution in [-0.2, 0) is 11.2 Å². The Morgan fingerprint density at radius 3 is 2.96 bits per heavy atom. The summed E-state index contributed by atoms with van der Waals surface area (Å²) in [6.45, 7) is 1.70. The van der Waals surface area contributed by atoms with Crippen LogP contribution in [0.5, 0.6) is 0 Å². The SMILES string of the molecule is O=C(Cc1cc(-c2cncc(F)c2)c(Cl)cn1)[C@@H]1CCCNC1. The van der Waals surface area contributed by atoms with Gasteiger partial charge in [0.1, 0.15) is 11.6 Å². The highest BCUT2D eigenvalue weighted by Crippen LogP contribution is 2.28. The molecule has 3 heterocycles. The van der Waals surface area contributed by atoms with E-state index in [-0.39, 0.29) is 18.1 Å². The maximum atomic E-state index is 13.4. The summed E-state index contributed by atoms with van der Waals surface area (Å²) in [5.41, 5.74) is 1.85. The number of hydrogen-bond donors (Lipinski definition) is 1. The molecule has 0 aliphatic carbocycles. The smallest absolute Gasteiger partial charge is 0.143 e. The third kappa shape index (κ3) is 3.92. The molecule has 120 valence electrons. The van der Waals surface area contributed by atoms with E-state index in [0.717, 1.165) is 32.1 Å². The highest BCUT2D eigenvalue weighted by Gasteiger charge is 2.21. The summed E-state index contributed by atoms with van der Waals surface area (Å²) in [5, 5.41) is 3.65. The number of nitrogens with zero attached hydrogens (tertiary/aromatic N) is 2. The Hall–Kier alpha value is -1.85. The molecule has 6 heteroatoms. The van der Waals surface area contributed by atoms with E-state index in [1.54, 1.807) is 12.3 Å². The fraction of sp³-hybridized carbons (Fsp3) is 0.353. The second-order valence-corrected chi connectivity index (χ2v) is 6.14. The molecule has 0 unspecified atom stereocenters. The zero-order valence-electron chi connectivity index (χ0n) is 12.6. The molecule has 0 aromatic carbocycles. The number of piperidine rings is 1. The number of rotatable bonds is 4. The van der Waals surface area contributed by atoms with Crippen molar-refractivity contribution in [2.45, 2.75) is 19.3 Å². The minimum absolute atomic E-state index is 0.0421. The first kappa shape index (κ1) is 16.0. The van der Waals surface area contributed by atoms with Crippen LogP contribution in [0.15, 0.2) is 30.7 Å². The molecule has 2 aromatic heterocycles. The van der Waals surface area contributed by atoms with Gasteiger partial charge in [0.25, 0.3) is 0 Å². The van der Waals surface area contributed by atoms with E-state index in [1.807, 2.05) is 0 Å². The molecule has 1 atom stereocenters. The standard InChI is InChI=1S/C17H17ClFN3O/c18-16-10-22-14(6-17(23)11-2-1-3-20-7-11)5-15(16)12-4-13(19)9-21-8-12/h4-5,8-11,20H,1-3,6-7H2/t11-/m1/s1. The molecule has 3 rings (SSSR count). The van der Waals surface area contributed by atoms with Gasteiger partial charge in [-0.1, -0.05) is 11.6 Å². The molecular weight excluding hydrogens is 317 g/mol. The van der Waals surface area contributed by atoms with Crippen LogP contribution in [0.4, 0.5) is 4.39 Å². The van der Waals surface area contributed by atoms with E-state index in [9.17, 15) is 9.18 Å². The number of pyridine rings is 2. The Bertz CT molecular complexity index is 717. The highest BCUT2D eigenvalue weighted by atomic mass is 35.5. The van der Waals surface area contributed by atoms with Gasteiger partial charge in [-0.05, 0) is 31.5 Å². The molecule has 4 nitrogen and oxygen atoms in total. The summed E-state index contributed by atoms with van der Waals surface area (Å²) in [5.74, 6) is -0.211. The normalized spacial score (nSPS) is 17.9. The molecule has 1 fully saturated rings. The van der Waals surface area contributed by atoms with E-state index < -0.39 is 5.82 Å². The molecule has 1 saturated heterocycles. The summed E-state index contributed by atoms with van der Waals surface area (Å²) in [4.78, 5) is 20.4. The third-order valence-corrected chi connectivity index (χ3v) is 4.34. The third-order valence-electron chi connectivity index (χ3n) is 4.04. The molecule has 0 bridgehead atoms. The van der Waals surface area contributed by atoms with Crippen LogP contribution in [0, 0.1) is 11.7 Å². The van der Waals surface area contributed by atoms with Crippen molar-refractivity contribution < 1.29 is 9.18 Å². The van der Waals surface area contributed by atoms with Crippen LogP contribution in [0.2, 0.25) is 5.02 Å². The van der Waals surface area contributed by atoms with Gasteiger partial charge in [0.15, 0.2) is 0 Å². The lowest BCUT2D eigenvalue weighted by molar-refractivity contribution is -0.122. The molecule has 1 N–H and O–H groups in total. The Labute approximate surface area is 139 Å². The first-order valence-corrected chi connectivity index (χ1v) is 8.00. The second-order valence-electron chi connectivity index (χ2n) is 5.73. The van der Waals surface area contributed by atoms with Gasteiger partial charge in [-0.3, -0.25) is 14.8 Å². The fourth-order valence-corrected chi connectivity index (χ4v) is 3.02. The minimum atomic E-state index is -0.429. The fourth-order valence-electron chi connectivity index (χ4n) is 2.81. The molecule has 1 aliphatic heterocycles. The Balaban J connectivity index is 1.81. The average Bonchev–Trinajstić information content (AvgIpc) is 2.57. The average molecular weight is 334 g/mol. The van der Waals surface area contributed by atoms with Crippen LogP contribution in [0.3, 0.4) is 0 Å². The maximum Gasteiger partial charge on any atom is 0.143 e. The van der Waals surface area contributed by atoms with Gasteiger partial charge in [0.2, 0.25) is 0 Å². The minimum Gasteiger partial charge on any atom is -0.316 e. The first-order valence-electron chi connectivity index (χ1n) is 7.62. The zero-order valence-corrected chi connectivity index (χ0v) is 13.3. The first-order chi connectivity index (χ1) is 11.1. The van der Waals surface area contributed by atoms with Gasteiger partial charge in [-0.15, -0.1) is 0 Å². The monoisotopic (exact) mass is 333 g/mol. The lowest BCUT2D eigenvalue weighted by atomic mass is 9.92. The number of nitrogens with one attached hydrogen (secondary N) is 1. The van der Waals surface area contributed by atoms with Crippen molar-refractivity contribution in [1.29, 1.82) is 0 Å². The largest absolute Gasteiger partial charge is 0.316 e. The molecule has 0 amide bonds. The van der Waals surface area contributed by atoms with Crippen LogP contribution >= 0.6 is 11.6 Å². The van der Waals surface area contributed by atoms with Crippen molar-refractivity contribution in [3.8, 4) is 11.1 Å². The van der Waals surface area contributed by atoms with Gasteiger partial charge < -0.3 is 5.32 Å². The van der Waals surface area contributed by atoms with Gasteiger partial charge >= 0.3 is 0 Å². The quantitative estimate of drug-likeness (QED) is 0.934. The van der Waals surface area contributed by atoms with Crippen molar-refractivity contribution >= 4 is 17.4 Å². The summed E-state index contributed by atoms with van der Waals surface area (Å²) < 4.78 is 13.4. The molecule has 0 spiro atoms. The lowest BCUT2D eigenvalue weighted by Crippen LogP contribution is -2.35. The van der Waals surface area contributed by atoms with E-state index in [4.69, 9.17) is 11.6 Å². The predicted molar refractivity (Wildman–Crippen MR) is 86.7 cm³/mol. The number of carbonyl (C=O) groups is 1. The van der Waals surface area contributed by atoms with Gasteiger partial charge in [-0.2, -0.15) is 0 Å². The van der Waals surface area contributed by atoms with Crippen molar-refractivity contribution in [3.05, 3.63) is 47.3 Å². The molecular formula is C17H17ClFN3O. The number of carbonyl (C=O) groups excluding carboxylic acids is 1. The van der Waals surface area contributed by atoms with Crippen molar-refractivity contribution in [2.75, 3.05) is 13.1 Å². The van der Waals surface area contributed by atoms with E-state index in [1.165, 1.54) is 12.3 Å². The van der Waals surface area contributed by atoms with E-state index in [2.05, 4.69) is 15.3 Å². The van der Waals surface area contributed by atoms with Crippen LogP contribution in [0.1, 0.15) is 18.5 Å². The molecule has 1 aliphatic rings. The molecule has 2 aromatic rings. The lowest BCUT2D eigenvalue weighted by Gasteiger charge is -2.21. The predicted octanol–water partition coefficient (Wildman–Crippen LogP) is 3.05. The topological polar surface area (TPSA) is 54.9 Å². The summed E-state index contributed by atoms with van der Waals surface area (Å²) in [6.07, 6.45) is 6.38. The summed E-state index contributed by atoms with van der Waals surface area (Å²) in [7, 11) is 0. The number of ketones is 1. The molecule has 23 heavy (non-hydrogen) atoms. The van der Waals surface area contributed by atoms with E-state index >= 15 is 0 Å². The van der Waals surface area contributed by atoms with Crippen LogP contribution in [0.25, 0.3) is 11.1 Å². The van der Waals surface area contributed by atoms with Crippen molar-refractivity contribution in [1.82, 2.24) is 15.3 Å². The Morgan fingerprint density at radius 1 is 1.35 bits per heavy atom. The maximum absolute atomic E-state index is 13.4.